The van der Waals surface area contributed by atoms with Crippen molar-refractivity contribution in [2.75, 3.05) is 26.6 Å². The Hall–Kier alpha value is -1.95. The SMILES string of the molecule is O=C(CCCOc1ccc2c(c1)OCO2)NC1CCCOC1. The lowest BCUT2D eigenvalue weighted by atomic mass is 10.1. The van der Waals surface area contributed by atoms with E-state index in [0.29, 0.717) is 31.8 Å². The van der Waals surface area contributed by atoms with E-state index in [1.54, 1.807) is 0 Å². The zero-order chi connectivity index (χ0) is 15.2. The minimum atomic E-state index is 0.0600. The maximum atomic E-state index is 11.8. The van der Waals surface area contributed by atoms with Crippen LogP contribution < -0.4 is 19.5 Å². The fourth-order valence-corrected chi connectivity index (χ4v) is 2.54. The third kappa shape index (κ3) is 4.04. The van der Waals surface area contributed by atoms with Crippen molar-refractivity contribution in [1.29, 1.82) is 0 Å². The first-order chi connectivity index (χ1) is 10.8. The van der Waals surface area contributed by atoms with Gasteiger partial charge in [-0.15, -0.1) is 0 Å². The molecule has 1 aromatic carbocycles. The van der Waals surface area contributed by atoms with Crippen molar-refractivity contribution >= 4 is 5.91 Å². The van der Waals surface area contributed by atoms with Crippen LogP contribution in [0.5, 0.6) is 17.2 Å². The first-order valence-electron chi connectivity index (χ1n) is 7.71. The first-order valence-corrected chi connectivity index (χ1v) is 7.71. The van der Waals surface area contributed by atoms with Gasteiger partial charge in [-0.3, -0.25) is 4.79 Å². The Morgan fingerprint density at radius 1 is 1.32 bits per heavy atom. The molecule has 2 heterocycles. The van der Waals surface area contributed by atoms with E-state index in [-0.39, 0.29) is 18.7 Å². The summed E-state index contributed by atoms with van der Waals surface area (Å²) in [5, 5.41) is 3.00. The third-order valence-corrected chi connectivity index (χ3v) is 3.69. The summed E-state index contributed by atoms with van der Waals surface area (Å²) >= 11 is 0. The molecule has 1 amide bonds. The van der Waals surface area contributed by atoms with Gasteiger partial charge in [0.1, 0.15) is 5.75 Å². The van der Waals surface area contributed by atoms with E-state index in [0.717, 1.165) is 30.9 Å². The lowest BCUT2D eigenvalue weighted by Crippen LogP contribution is -2.40. The Morgan fingerprint density at radius 3 is 3.09 bits per heavy atom. The van der Waals surface area contributed by atoms with Gasteiger partial charge in [0.05, 0.1) is 19.3 Å². The summed E-state index contributed by atoms with van der Waals surface area (Å²) in [7, 11) is 0. The van der Waals surface area contributed by atoms with Crippen LogP contribution in [0.15, 0.2) is 18.2 Å². The summed E-state index contributed by atoms with van der Waals surface area (Å²) in [6, 6.07) is 5.64. The van der Waals surface area contributed by atoms with Crippen molar-refractivity contribution in [3.63, 3.8) is 0 Å². The van der Waals surface area contributed by atoms with Crippen LogP contribution in [0.2, 0.25) is 0 Å². The average molecular weight is 307 g/mol. The van der Waals surface area contributed by atoms with Crippen molar-refractivity contribution < 1.29 is 23.7 Å². The van der Waals surface area contributed by atoms with Crippen molar-refractivity contribution in [2.45, 2.75) is 31.7 Å². The van der Waals surface area contributed by atoms with Crippen LogP contribution in [-0.4, -0.2) is 38.6 Å². The number of hydrogen-bond donors (Lipinski definition) is 1. The number of carbonyl (C=O) groups excluding carboxylic acids is 1. The lowest BCUT2D eigenvalue weighted by molar-refractivity contribution is -0.122. The molecule has 22 heavy (non-hydrogen) atoms. The molecule has 2 aliphatic heterocycles. The Morgan fingerprint density at radius 2 is 2.23 bits per heavy atom. The van der Waals surface area contributed by atoms with Crippen LogP contribution in [-0.2, 0) is 9.53 Å². The quantitative estimate of drug-likeness (QED) is 0.813. The third-order valence-electron chi connectivity index (χ3n) is 3.69. The molecule has 0 bridgehead atoms. The molecule has 0 spiro atoms. The highest BCUT2D eigenvalue weighted by Crippen LogP contribution is 2.35. The van der Waals surface area contributed by atoms with E-state index < -0.39 is 0 Å². The van der Waals surface area contributed by atoms with Gasteiger partial charge in [0.25, 0.3) is 0 Å². The van der Waals surface area contributed by atoms with Crippen molar-refractivity contribution in [3.05, 3.63) is 18.2 Å². The predicted octanol–water partition coefficient (Wildman–Crippen LogP) is 1.87. The molecule has 1 N–H and O–H groups in total. The van der Waals surface area contributed by atoms with Gasteiger partial charge in [-0.1, -0.05) is 0 Å². The predicted molar refractivity (Wildman–Crippen MR) is 79.3 cm³/mol. The normalized spacial score (nSPS) is 19.7. The smallest absolute Gasteiger partial charge is 0.231 e. The van der Waals surface area contributed by atoms with E-state index in [2.05, 4.69) is 5.32 Å². The molecule has 0 aliphatic carbocycles. The van der Waals surface area contributed by atoms with Gasteiger partial charge in [-0.05, 0) is 31.4 Å². The summed E-state index contributed by atoms with van der Waals surface area (Å²) in [4.78, 5) is 11.8. The largest absolute Gasteiger partial charge is 0.493 e. The molecule has 3 rings (SSSR count). The molecule has 6 heteroatoms. The molecule has 6 nitrogen and oxygen atoms in total. The Balaban J connectivity index is 1.34. The van der Waals surface area contributed by atoms with Gasteiger partial charge in [-0.2, -0.15) is 0 Å². The van der Waals surface area contributed by atoms with Crippen LogP contribution in [0.1, 0.15) is 25.7 Å². The Labute approximate surface area is 129 Å². The number of rotatable bonds is 6. The van der Waals surface area contributed by atoms with Gasteiger partial charge >= 0.3 is 0 Å². The number of carbonyl (C=O) groups is 1. The van der Waals surface area contributed by atoms with Crippen LogP contribution >= 0.6 is 0 Å². The van der Waals surface area contributed by atoms with Gasteiger partial charge in [0.2, 0.25) is 12.7 Å². The first kappa shape index (κ1) is 15.0. The van der Waals surface area contributed by atoms with Crippen LogP contribution in [0.3, 0.4) is 0 Å². The molecule has 1 aromatic rings. The van der Waals surface area contributed by atoms with Gasteiger partial charge in [0, 0.05) is 19.1 Å². The van der Waals surface area contributed by atoms with Crippen molar-refractivity contribution in [1.82, 2.24) is 5.32 Å². The monoisotopic (exact) mass is 307 g/mol. The topological polar surface area (TPSA) is 66.0 Å². The van der Waals surface area contributed by atoms with Crippen LogP contribution in [0.4, 0.5) is 0 Å². The molecule has 1 atom stereocenters. The maximum Gasteiger partial charge on any atom is 0.231 e. The second-order valence-corrected chi connectivity index (χ2v) is 5.45. The number of nitrogens with one attached hydrogen (secondary N) is 1. The molecule has 1 saturated heterocycles. The van der Waals surface area contributed by atoms with Crippen LogP contribution in [0.25, 0.3) is 0 Å². The molecule has 1 fully saturated rings. The second kappa shape index (κ2) is 7.35. The fourth-order valence-electron chi connectivity index (χ4n) is 2.54. The van der Waals surface area contributed by atoms with Gasteiger partial charge in [-0.25, -0.2) is 0 Å². The zero-order valence-corrected chi connectivity index (χ0v) is 12.5. The molecule has 1 unspecified atom stereocenters. The molecular weight excluding hydrogens is 286 g/mol. The highest BCUT2D eigenvalue weighted by atomic mass is 16.7. The molecule has 0 radical (unpaired) electrons. The molecule has 0 aromatic heterocycles. The van der Waals surface area contributed by atoms with E-state index >= 15 is 0 Å². The summed E-state index contributed by atoms with van der Waals surface area (Å²) < 4.78 is 21.5. The van der Waals surface area contributed by atoms with Gasteiger partial charge in [0.15, 0.2) is 11.5 Å². The number of hydrogen-bond acceptors (Lipinski definition) is 5. The van der Waals surface area contributed by atoms with E-state index in [1.165, 1.54) is 0 Å². The van der Waals surface area contributed by atoms with E-state index in [9.17, 15) is 4.79 Å². The summed E-state index contributed by atoms with van der Waals surface area (Å²) in [5.74, 6) is 2.23. The highest BCUT2D eigenvalue weighted by molar-refractivity contribution is 5.76. The molecule has 0 saturated carbocycles. The van der Waals surface area contributed by atoms with Crippen LogP contribution in [0, 0.1) is 0 Å². The highest BCUT2D eigenvalue weighted by Gasteiger charge is 2.16. The summed E-state index contributed by atoms with van der Waals surface area (Å²) in [6.07, 6.45) is 3.15. The standard InChI is InChI=1S/C16H21NO5/c18-16(17-12-3-1-7-19-10-12)4-2-8-20-13-5-6-14-15(9-13)22-11-21-14/h5-6,9,12H,1-4,7-8,10-11H2,(H,17,18). The Bertz CT molecular complexity index is 513. The molecule has 120 valence electrons. The van der Waals surface area contributed by atoms with Crippen molar-refractivity contribution in [2.24, 2.45) is 0 Å². The van der Waals surface area contributed by atoms with E-state index in [1.807, 2.05) is 18.2 Å². The minimum Gasteiger partial charge on any atom is -0.493 e. The minimum absolute atomic E-state index is 0.0600. The van der Waals surface area contributed by atoms with E-state index in [4.69, 9.17) is 18.9 Å². The number of ether oxygens (including phenoxy) is 4. The van der Waals surface area contributed by atoms with Gasteiger partial charge < -0.3 is 24.3 Å². The second-order valence-electron chi connectivity index (χ2n) is 5.45. The lowest BCUT2D eigenvalue weighted by Gasteiger charge is -2.23. The Kier molecular flexibility index (Phi) is 5.00. The molecule has 2 aliphatic rings. The number of benzene rings is 1. The average Bonchev–Trinajstić information content (AvgIpc) is 3.00. The fraction of sp³-hybridized carbons (Fsp3) is 0.562. The number of fused-ring (bicyclic) bond motifs is 1. The zero-order valence-electron chi connectivity index (χ0n) is 12.5. The summed E-state index contributed by atoms with van der Waals surface area (Å²) in [6.45, 7) is 2.17. The maximum absolute atomic E-state index is 11.8. The summed E-state index contributed by atoms with van der Waals surface area (Å²) in [5.41, 5.74) is 0. The van der Waals surface area contributed by atoms with Crippen molar-refractivity contribution in [3.8, 4) is 17.2 Å². The number of amides is 1. The molecular formula is C16H21NO5.